The molecule has 1 aromatic rings. The molecule has 3 nitrogen and oxygen atoms in total. The molecule has 0 aliphatic heterocycles. The fraction of sp³-hybridized carbons (Fsp3) is 0.556. The molecule has 0 saturated heterocycles. The van der Waals surface area contributed by atoms with Gasteiger partial charge in [-0.1, -0.05) is 13.8 Å². The van der Waals surface area contributed by atoms with Gasteiger partial charge in [-0.05, 0) is 5.92 Å². The van der Waals surface area contributed by atoms with Crippen molar-refractivity contribution in [2.75, 3.05) is 12.4 Å². The van der Waals surface area contributed by atoms with Crippen LogP contribution < -0.4 is 5.32 Å². The second-order valence-electron chi connectivity index (χ2n) is 3.19. The van der Waals surface area contributed by atoms with Crippen LogP contribution in [0.1, 0.15) is 42.1 Å². The number of Topliss-reactive ketones (excluding diaryl/α,β-unsaturated/α-hetero) is 1. The largest absolute Gasteiger partial charge is 0.365 e. The van der Waals surface area contributed by atoms with Crippen molar-refractivity contribution in [2.24, 2.45) is 0 Å². The first-order chi connectivity index (χ1) is 6.06. The van der Waals surface area contributed by atoms with Gasteiger partial charge in [0.2, 0.25) is 0 Å². The molecule has 0 aliphatic carbocycles. The lowest BCUT2D eigenvalue weighted by Gasteiger charge is -2.00. The summed E-state index contributed by atoms with van der Waals surface area (Å²) in [6.45, 7) is 5.69. The highest BCUT2D eigenvalue weighted by Crippen LogP contribution is 2.29. The molecular weight excluding hydrogens is 184 g/mol. The van der Waals surface area contributed by atoms with Crippen molar-refractivity contribution in [2.45, 2.75) is 26.7 Å². The molecule has 0 saturated carbocycles. The van der Waals surface area contributed by atoms with Crippen LogP contribution in [0.5, 0.6) is 0 Å². The molecular formula is C9H14N2OS. The smallest absolute Gasteiger partial charge is 0.183 e. The van der Waals surface area contributed by atoms with Gasteiger partial charge in [-0.2, -0.15) is 0 Å². The van der Waals surface area contributed by atoms with Gasteiger partial charge in [-0.15, -0.1) is 11.3 Å². The topological polar surface area (TPSA) is 42.0 Å². The van der Waals surface area contributed by atoms with Crippen LogP contribution in [0.3, 0.4) is 0 Å². The van der Waals surface area contributed by atoms with E-state index in [0.29, 0.717) is 11.6 Å². The van der Waals surface area contributed by atoms with Gasteiger partial charge in [0.15, 0.2) is 10.9 Å². The van der Waals surface area contributed by atoms with E-state index in [2.05, 4.69) is 24.1 Å². The maximum absolute atomic E-state index is 11.2. The molecule has 0 radical (unpaired) electrons. The summed E-state index contributed by atoms with van der Waals surface area (Å²) in [5, 5.41) is 3.77. The van der Waals surface area contributed by atoms with Crippen molar-refractivity contribution in [1.29, 1.82) is 0 Å². The van der Waals surface area contributed by atoms with E-state index in [4.69, 9.17) is 0 Å². The van der Waals surface area contributed by atoms with Crippen LogP contribution in [-0.4, -0.2) is 17.8 Å². The average Bonchev–Trinajstić information content (AvgIpc) is 2.47. The number of thiazole rings is 1. The molecule has 1 heterocycles. The lowest BCUT2D eigenvalue weighted by molar-refractivity contribution is 0.101. The molecule has 1 rings (SSSR count). The van der Waals surface area contributed by atoms with Crippen molar-refractivity contribution in [3.05, 3.63) is 10.6 Å². The maximum Gasteiger partial charge on any atom is 0.183 e. The zero-order valence-electron chi connectivity index (χ0n) is 8.34. The molecule has 13 heavy (non-hydrogen) atoms. The molecule has 1 N–H and O–H groups in total. The van der Waals surface area contributed by atoms with E-state index in [1.165, 1.54) is 0 Å². The number of nitrogens with one attached hydrogen (secondary N) is 1. The molecule has 0 bridgehead atoms. The van der Waals surface area contributed by atoms with E-state index < -0.39 is 0 Å². The molecule has 0 fully saturated rings. The minimum Gasteiger partial charge on any atom is -0.365 e. The monoisotopic (exact) mass is 198 g/mol. The fourth-order valence-electron chi connectivity index (χ4n) is 1.08. The second-order valence-corrected chi connectivity index (χ2v) is 4.22. The predicted octanol–water partition coefficient (Wildman–Crippen LogP) is 2.51. The van der Waals surface area contributed by atoms with Gasteiger partial charge >= 0.3 is 0 Å². The summed E-state index contributed by atoms with van der Waals surface area (Å²) < 4.78 is 0. The molecule has 0 unspecified atom stereocenters. The van der Waals surface area contributed by atoms with Gasteiger partial charge in [0.05, 0.1) is 0 Å². The van der Waals surface area contributed by atoms with E-state index in [0.717, 1.165) is 10.0 Å². The zero-order valence-corrected chi connectivity index (χ0v) is 9.16. The van der Waals surface area contributed by atoms with Crippen LogP contribution in [0.25, 0.3) is 0 Å². The van der Waals surface area contributed by atoms with E-state index in [9.17, 15) is 4.79 Å². The molecule has 0 spiro atoms. The van der Waals surface area contributed by atoms with E-state index in [-0.39, 0.29) is 5.78 Å². The standard InChI is InChI=1S/C9H14N2OS/c1-5(2)8-7(6(3)12)11-9(10-4)13-8/h5H,1-4H3,(H,10,11). The van der Waals surface area contributed by atoms with Crippen LogP contribution in [0, 0.1) is 0 Å². The number of carbonyl (C=O) groups excluding carboxylic acids is 1. The Morgan fingerprint density at radius 2 is 2.15 bits per heavy atom. The van der Waals surface area contributed by atoms with Gasteiger partial charge in [-0.25, -0.2) is 4.98 Å². The summed E-state index contributed by atoms with van der Waals surface area (Å²) in [5.74, 6) is 0.403. The highest BCUT2D eigenvalue weighted by molar-refractivity contribution is 7.16. The SMILES string of the molecule is CNc1nc(C(C)=O)c(C(C)C)s1. The van der Waals surface area contributed by atoms with Gasteiger partial charge in [0.25, 0.3) is 0 Å². The van der Waals surface area contributed by atoms with Gasteiger partial charge in [0, 0.05) is 18.8 Å². The Labute approximate surface area is 82.2 Å². The molecule has 0 amide bonds. The third kappa shape index (κ3) is 2.06. The van der Waals surface area contributed by atoms with Crippen molar-refractivity contribution in [3.8, 4) is 0 Å². The third-order valence-corrected chi connectivity index (χ3v) is 3.10. The number of aromatic nitrogens is 1. The Kier molecular flexibility index (Phi) is 3.03. The average molecular weight is 198 g/mol. The van der Waals surface area contributed by atoms with Crippen LogP contribution >= 0.6 is 11.3 Å². The summed E-state index contributed by atoms with van der Waals surface area (Å²) >= 11 is 1.55. The lowest BCUT2D eigenvalue weighted by atomic mass is 10.1. The highest BCUT2D eigenvalue weighted by Gasteiger charge is 2.16. The van der Waals surface area contributed by atoms with E-state index >= 15 is 0 Å². The van der Waals surface area contributed by atoms with E-state index in [1.54, 1.807) is 18.3 Å². The van der Waals surface area contributed by atoms with Crippen LogP contribution in [0.15, 0.2) is 0 Å². The maximum atomic E-state index is 11.2. The first-order valence-corrected chi connectivity index (χ1v) is 5.07. The lowest BCUT2D eigenvalue weighted by Crippen LogP contribution is -1.98. The Morgan fingerprint density at radius 3 is 2.46 bits per heavy atom. The summed E-state index contributed by atoms with van der Waals surface area (Å²) in [5.41, 5.74) is 0.615. The highest BCUT2D eigenvalue weighted by atomic mass is 32.1. The van der Waals surface area contributed by atoms with Crippen molar-refractivity contribution in [1.82, 2.24) is 4.98 Å². The van der Waals surface area contributed by atoms with Crippen molar-refractivity contribution in [3.63, 3.8) is 0 Å². The van der Waals surface area contributed by atoms with Crippen molar-refractivity contribution < 1.29 is 4.79 Å². The molecule has 1 aromatic heterocycles. The minimum absolute atomic E-state index is 0.0430. The molecule has 0 atom stereocenters. The molecule has 0 aromatic carbocycles. The molecule has 4 heteroatoms. The number of carbonyl (C=O) groups is 1. The van der Waals surface area contributed by atoms with Crippen LogP contribution in [-0.2, 0) is 0 Å². The summed E-state index contributed by atoms with van der Waals surface area (Å²) in [6, 6.07) is 0. The van der Waals surface area contributed by atoms with Crippen LogP contribution in [0.2, 0.25) is 0 Å². The minimum atomic E-state index is 0.0430. The first-order valence-electron chi connectivity index (χ1n) is 4.25. The fourth-order valence-corrected chi connectivity index (χ4v) is 2.05. The third-order valence-electron chi connectivity index (χ3n) is 1.73. The second kappa shape index (κ2) is 3.87. The zero-order chi connectivity index (χ0) is 10.0. The number of hydrogen-bond donors (Lipinski definition) is 1. The summed E-state index contributed by atoms with van der Waals surface area (Å²) in [7, 11) is 1.81. The van der Waals surface area contributed by atoms with Gasteiger partial charge in [-0.3, -0.25) is 4.79 Å². The first kappa shape index (κ1) is 10.2. The Hall–Kier alpha value is -0.900. The van der Waals surface area contributed by atoms with Crippen LogP contribution in [0.4, 0.5) is 5.13 Å². The normalized spacial score (nSPS) is 10.5. The number of rotatable bonds is 3. The van der Waals surface area contributed by atoms with Gasteiger partial charge < -0.3 is 5.32 Å². The molecule has 72 valence electrons. The number of nitrogens with zero attached hydrogens (tertiary/aromatic N) is 1. The number of hydrogen-bond acceptors (Lipinski definition) is 4. The summed E-state index contributed by atoms with van der Waals surface area (Å²) in [6.07, 6.45) is 0. The summed E-state index contributed by atoms with van der Waals surface area (Å²) in [4.78, 5) is 16.5. The predicted molar refractivity (Wildman–Crippen MR) is 55.8 cm³/mol. The molecule has 0 aliphatic rings. The Morgan fingerprint density at radius 1 is 1.54 bits per heavy atom. The quantitative estimate of drug-likeness (QED) is 0.759. The van der Waals surface area contributed by atoms with Gasteiger partial charge in [0.1, 0.15) is 5.69 Å². The van der Waals surface area contributed by atoms with E-state index in [1.807, 2.05) is 7.05 Å². The van der Waals surface area contributed by atoms with Crippen molar-refractivity contribution >= 4 is 22.3 Å². The number of ketones is 1. The Balaban J connectivity index is 3.15. The Bertz CT molecular complexity index is 317. The number of anilines is 1.